The minimum absolute atomic E-state index is 0.386. The lowest BCUT2D eigenvalue weighted by atomic mass is 10.1. The lowest BCUT2D eigenvalue weighted by molar-refractivity contribution is 0.274. The molecule has 2 aromatic heterocycles. The number of para-hydroxylation sites is 1. The van der Waals surface area contributed by atoms with Crippen LogP contribution in [0.15, 0.2) is 65.2 Å². The van der Waals surface area contributed by atoms with Crippen LogP contribution in [0.1, 0.15) is 5.76 Å². The second-order valence-corrected chi connectivity index (χ2v) is 4.92. The van der Waals surface area contributed by atoms with Crippen LogP contribution in [0.2, 0.25) is 0 Å². The van der Waals surface area contributed by atoms with E-state index in [-0.39, 0.29) is 0 Å². The quantitative estimate of drug-likeness (QED) is 0.621. The molecule has 0 atom stereocenters. The van der Waals surface area contributed by atoms with E-state index in [1.165, 1.54) is 0 Å². The molecule has 2 aromatic carbocycles. The van der Waals surface area contributed by atoms with Gasteiger partial charge in [-0.3, -0.25) is 0 Å². The summed E-state index contributed by atoms with van der Waals surface area (Å²) in [6.45, 7) is 0.386. The summed E-state index contributed by atoms with van der Waals surface area (Å²) in [6.07, 6.45) is 1.68. The van der Waals surface area contributed by atoms with E-state index >= 15 is 0 Å². The molecule has 4 rings (SSSR count). The molecule has 0 fully saturated rings. The number of aromatic nitrogens is 3. The molecule has 0 saturated heterocycles. The summed E-state index contributed by atoms with van der Waals surface area (Å²) < 4.78 is 11.5. The number of ether oxygens (including phenoxy) is 1. The molecule has 0 aliphatic carbocycles. The highest BCUT2D eigenvalue weighted by Gasteiger charge is 2.06. The molecule has 0 aliphatic heterocycles. The number of benzene rings is 2. The van der Waals surface area contributed by atoms with Crippen molar-refractivity contribution < 1.29 is 9.15 Å². The first kappa shape index (κ1) is 12.6. The number of H-pyrrole nitrogens is 1. The lowest BCUT2D eigenvalue weighted by Crippen LogP contribution is -1.93. The SMILES string of the molecule is c1cc(OCc2cc3ccccc3o2)cc(-c2cn[nH]n2)c1. The fraction of sp³-hybridized carbons (Fsp3) is 0.0588. The third-order valence-electron chi connectivity index (χ3n) is 3.40. The van der Waals surface area contributed by atoms with Crippen molar-refractivity contribution in [3.63, 3.8) is 0 Å². The monoisotopic (exact) mass is 291 g/mol. The van der Waals surface area contributed by atoms with Crippen LogP contribution in [-0.4, -0.2) is 15.4 Å². The summed E-state index contributed by atoms with van der Waals surface area (Å²) in [4.78, 5) is 0. The molecule has 0 bridgehead atoms. The molecular formula is C17H13N3O2. The highest BCUT2D eigenvalue weighted by molar-refractivity contribution is 5.77. The first-order chi connectivity index (χ1) is 10.9. The number of rotatable bonds is 4. The molecular weight excluding hydrogens is 278 g/mol. The van der Waals surface area contributed by atoms with Gasteiger partial charge in [-0.05, 0) is 24.3 Å². The Balaban J connectivity index is 1.53. The van der Waals surface area contributed by atoms with Gasteiger partial charge in [0.15, 0.2) is 0 Å². The zero-order valence-electron chi connectivity index (χ0n) is 11.7. The van der Waals surface area contributed by atoms with Gasteiger partial charge >= 0.3 is 0 Å². The van der Waals surface area contributed by atoms with Crippen molar-refractivity contribution in [2.45, 2.75) is 6.61 Å². The van der Waals surface area contributed by atoms with Crippen molar-refractivity contribution in [2.75, 3.05) is 0 Å². The number of aromatic amines is 1. The predicted octanol–water partition coefficient (Wildman–Crippen LogP) is 3.80. The smallest absolute Gasteiger partial charge is 0.146 e. The molecule has 2 heterocycles. The summed E-state index contributed by atoms with van der Waals surface area (Å²) >= 11 is 0. The number of furan rings is 1. The van der Waals surface area contributed by atoms with Crippen molar-refractivity contribution >= 4 is 11.0 Å². The van der Waals surface area contributed by atoms with Gasteiger partial charge in [-0.2, -0.15) is 15.4 Å². The van der Waals surface area contributed by atoms with Crippen LogP contribution < -0.4 is 4.74 Å². The fourth-order valence-corrected chi connectivity index (χ4v) is 2.35. The van der Waals surface area contributed by atoms with Crippen LogP contribution in [0.4, 0.5) is 0 Å². The Morgan fingerprint density at radius 3 is 2.86 bits per heavy atom. The Hall–Kier alpha value is -3.08. The van der Waals surface area contributed by atoms with Gasteiger partial charge in [0, 0.05) is 10.9 Å². The van der Waals surface area contributed by atoms with Crippen molar-refractivity contribution in [1.29, 1.82) is 0 Å². The third-order valence-corrected chi connectivity index (χ3v) is 3.40. The second kappa shape index (κ2) is 5.37. The van der Waals surface area contributed by atoms with Gasteiger partial charge in [0.05, 0.1) is 6.20 Å². The minimum atomic E-state index is 0.386. The topological polar surface area (TPSA) is 63.9 Å². The van der Waals surface area contributed by atoms with Gasteiger partial charge in [0.25, 0.3) is 0 Å². The Labute approximate surface area is 126 Å². The van der Waals surface area contributed by atoms with E-state index in [2.05, 4.69) is 15.4 Å². The molecule has 4 aromatic rings. The molecule has 0 saturated carbocycles. The van der Waals surface area contributed by atoms with Gasteiger partial charge in [-0.15, -0.1) is 0 Å². The van der Waals surface area contributed by atoms with Gasteiger partial charge in [0.1, 0.15) is 29.4 Å². The van der Waals surface area contributed by atoms with E-state index in [0.29, 0.717) is 6.61 Å². The maximum Gasteiger partial charge on any atom is 0.146 e. The maximum absolute atomic E-state index is 5.81. The largest absolute Gasteiger partial charge is 0.486 e. The second-order valence-electron chi connectivity index (χ2n) is 4.92. The van der Waals surface area contributed by atoms with E-state index in [4.69, 9.17) is 9.15 Å². The summed E-state index contributed by atoms with van der Waals surface area (Å²) in [5.74, 6) is 1.56. The van der Waals surface area contributed by atoms with Crippen LogP contribution in [0, 0.1) is 0 Å². The molecule has 5 nitrogen and oxygen atoms in total. The summed E-state index contributed by atoms with van der Waals surface area (Å²) in [5.41, 5.74) is 2.61. The van der Waals surface area contributed by atoms with Crippen LogP contribution >= 0.6 is 0 Å². The van der Waals surface area contributed by atoms with E-state index in [9.17, 15) is 0 Å². The van der Waals surface area contributed by atoms with Crippen LogP contribution in [-0.2, 0) is 6.61 Å². The zero-order valence-corrected chi connectivity index (χ0v) is 11.7. The number of nitrogens with zero attached hydrogens (tertiary/aromatic N) is 2. The maximum atomic E-state index is 5.81. The third kappa shape index (κ3) is 2.44. The molecule has 0 spiro atoms. The predicted molar refractivity (Wildman–Crippen MR) is 82.4 cm³/mol. The number of fused-ring (bicyclic) bond motifs is 1. The summed E-state index contributed by atoms with van der Waals surface area (Å²) in [5, 5.41) is 11.6. The Morgan fingerprint density at radius 1 is 1.05 bits per heavy atom. The van der Waals surface area contributed by atoms with Gasteiger partial charge in [-0.25, -0.2) is 0 Å². The average Bonchev–Trinajstić information content (AvgIpc) is 3.22. The standard InChI is InChI=1S/C17H13N3O2/c1-2-7-17-13(4-1)9-15(22-17)11-21-14-6-3-5-12(8-14)16-10-18-20-19-16/h1-10H,11H2,(H,18,19,20). The molecule has 22 heavy (non-hydrogen) atoms. The highest BCUT2D eigenvalue weighted by Crippen LogP contribution is 2.24. The van der Waals surface area contributed by atoms with Crippen molar-refractivity contribution in [3.05, 3.63) is 66.6 Å². The first-order valence-corrected chi connectivity index (χ1v) is 6.95. The van der Waals surface area contributed by atoms with Gasteiger partial charge < -0.3 is 9.15 Å². The minimum Gasteiger partial charge on any atom is -0.486 e. The van der Waals surface area contributed by atoms with Crippen molar-refractivity contribution in [1.82, 2.24) is 15.4 Å². The van der Waals surface area contributed by atoms with E-state index in [0.717, 1.165) is 33.7 Å². The summed E-state index contributed by atoms with van der Waals surface area (Å²) in [6, 6.07) is 17.6. The van der Waals surface area contributed by atoms with E-state index in [1.807, 2.05) is 54.6 Å². The van der Waals surface area contributed by atoms with E-state index in [1.54, 1.807) is 6.20 Å². The Morgan fingerprint density at radius 2 is 2.00 bits per heavy atom. The highest BCUT2D eigenvalue weighted by atomic mass is 16.5. The van der Waals surface area contributed by atoms with Crippen molar-refractivity contribution in [2.24, 2.45) is 0 Å². The Kier molecular flexibility index (Phi) is 3.08. The first-order valence-electron chi connectivity index (χ1n) is 6.95. The zero-order chi connectivity index (χ0) is 14.8. The van der Waals surface area contributed by atoms with Crippen LogP contribution in [0.3, 0.4) is 0 Å². The molecule has 108 valence electrons. The molecule has 0 aliphatic rings. The Bertz CT molecular complexity index is 864. The van der Waals surface area contributed by atoms with E-state index < -0.39 is 0 Å². The number of nitrogens with one attached hydrogen (secondary N) is 1. The average molecular weight is 291 g/mol. The fourth-order valence-electron chi connectivity index (χ4n) is 2.35. The lowest BCUT2D eigenvalue weighted by Gasteiger charge is -2.05. The molecule has 0 unspecified atom stereocenters. The number of hydrogen-bond donors (Lipinski definition) is 1. The van der Waals surface area contributed by atoms with Gasteiger partial charge in [0.2, 0.25) is 0 Å². The molecule has 1 N–H and O–H groups in total. The van der Waals surface area contributed by atoms with Crippen LogP contribution in [0.25, 0.3) is 22.2 Å². The molecule has 5 heteroatoms. The normalized spacial score (nSPS) is 10.9. The molecule has 0 amide bonds. The van der Waals surface area contributed by atoms with Crippen LogP contribution in [0.5, 0.6) is 5.75 Å². The van der Waals surface area contributed by atoms with Gasteiger partial charge in [-0.1, -0.05) is 30.3 Å². The molecule has 0 radical (unpaired) electrons. The number of hydrogen-bond acceptors (Lipinski definition) is 4. The summed E-state index contributed by atoms with van der Waals surface area (Å²) in [7, 11) is 0. The van der Waals surface area contributed by atoms with Crippen molar-refractivity contribution in [3.8, 4) is 17.0 Å².